The summed E-state index contributed by atoms with van der Waals surface area (Å²) in [6.07, 6.45) is -3.86. The van der Waals surface area contributed by atoms with Gasteiger partial charge in [0.2, 0.25) is 0 Å². The molecule has 5 rings (SSSR count). The summed E-state index contributed by atoms with van der Waals surface area (Å²) in [5, 5.41) is 0.927. The van der Waals surface area contributed by atoms with Crippen LogP contribution < -0.4 is 10.5 Å². The third-order valence-electron chi connectivity index (χ3n) is 6.06. The lowest BCUT2D eigenvalue weighted by Gasteiger charge is -2.40. The molecule has 0 radical (unpaired) electrons. The van der Waals surface area contributed by atoms with Crippen molar-refractivity contribution in [3.63, 3.8) is 0 Å². The van der Waals surface area contributed by atoms with Crippen molar-refractivity contribution in [2.45, 2.75) is 38.6 Å². The third-order valence-corrected chi connectivity index (χ3v) is 6.37. The fourth-order valence-electron chi connectivity index (χ4n) is 4.47. The van der Waals surface area contributed by atoms with Gasteiger partial charge in [0.15, 0.2) is 0 Å². The topological polar surface area (TPSA) is 99.8 Å². The first kappa shape index (κ1) is 23.6. The van der Waals surface area contributed by atoms with Crippen molar-refractivity contribution < 1.29 is 32.2 Å². The summed E-state index contributed by atoms with van der Waals surface area (Å²) in [6.45, 7) is 2.91. The first-order valence-corrected chi connectivity index (χ1v) is 11.1. The van der Waals surface area contributed by atoms with E-state index in [1.165, 1.54) is 6.07 Å². The molecule has 35 heavy (non-hydrogen) atoms. The third kappa shape index (κ3) is 4.46. The van der Waals surface area contributed by atoms with Gasteiger partial charge in [0.25, 0.3) is 5.91 Å². The molecule has 2 aliphatic rings. The normalized spacial score (nSPS) is 20.2. The predicted octanol–water partition coefficient (Wildman–Crippen LogP) is 4.40. The first-order valence-electron chi connectivity index (χ1n) is 10.7. The Labute approximate surface area is 202 Å². The van der Waals surface area contributed by atoms with Crippen LogP contribution in [0.15, 0.2) is 30.5 Å². The van der Waals surface area contributed by atoms with Crippen molar-refractivity contribution in [3.05, 3.63) is 57.9 Å². The number of amides is 1. The van der Waals surface area contributed by atoms with Crippen molar-refractivity contribution >= 4 is 34.2 Å². The number of hydrogen-bond donors (Lipinski definition) is 1. The molecule has 0 aliphatic carbocycles. The molecule has 184 valence electrons. The molecule has 8 nitrogen and oxygen atoms in total. The van der Waals surface area contributed by atoms with Crippen molar-refractivity contribution in [3.8, 4) is 5.75 Å². The van der Waals surface area contributed by atoms with E-state index in [4.69, 9.17) is 26.8 Å². The number of pyridine rings is 2. The molecule has 1 amide bonds. The Morgan fingerprint density at radius 2 is 1.97 bits per heavy atom. The van der Waals surface area contributed by atoms with E-state index in [0.29, 0.717) is 30.2 Å². The minimum absolute atomic E-state index is 0.120. The minimum Gasteiger partial charge on any atom is -0.404 e. The molecule has 0 spiro atoms. The Hall–Kier alpha value is -3.15. The largest absolute Gasteiger partial charge is 0.573 e. The summed E-state index contributed by atoms with van der Waals surface area (Å²) in [7, 11) is 0. The molecule has 2 N–H and O–H groups in total. The van der Waals surface area contributed by atoms with Crippen LogP contribution >= 0.6 is 11.6 Å². The van der Waals surface area contributed by atoms with Gasteiger partial charge in [-0.3, -0.25) is 9.78 Å². The molecular weight excluding hydrogens is 489 g/mol. The maximum atomic E-state index is 13.8. The Morgan fingerprint density at radius 3 is 2.69 bits per heavy atom. The number of nitrogens with zero attached hydrogens (tertiary/aromatic N) is 3. The number of carbonyl (C=O) groups is 1. The molecule has 2 aliphatic heterocycles. The van der Waals surface area contributed by atoms with Gasteiger partial charge in [0.1, 0.15) is 11.6 Å². The van der Waals surface area contributed by atoms with E-state index in [9.17, 15) is 18.0 Å². The summed E-state index contributed by atoms with van der Waals surface area (Å²) < 4.78 is 52.6. The average Bonchev–Trinajstić information content (AvgIpc) is 3.29. The van der Waals surface area contributed by atoms with Crippen LogP contribution in [0.2, 0.25) is 5.02 Å². The molecule has 2 aromatic heterocycles. The lowest BCUT2D eigenvalue weighted by molar-refractivity contribution is -0.274. The van der Waals surface area contributed by atoms with E-state index in [2.05, 4.69) is 14.7 Å². The van der Waals surface area contributed by atoms with Gasteiger partial charge in [-0.25, -0.2) is 4.98 Å². The molecule has 4 heterocycles. The smallest absolute Gasteiger partial charge is 0.404 e. The quantitative estimate of drug-likeness (QED) is 0.560. The maximum absolute atomic E-state index is 13.8. The fourth-order valence-corrected chi connectivity index (χ4v) is 4.70. The van der Waals surface area contributed by atoms with E-state index >= 15 is 0 Å². The molecule has 12 heteroatoms. The van der Waals surface area contributed by atoms with Crippen LogP contribution in [0.25, 0.3) is 10.9 Å². The number of rotatable bonds is 3. The highest BCUT2D eigenvalue weighted by molar-refractivity contribution is 6.34. The van der Waals surface area contributed by atoms with E-state index in [1.54, 1.807) is 17.0 Å². The highest BCUT2D eigenvalue weighted by Crippen LogP contribution is 2.36. The Kier molecular flexibility index (Phi) is 5.94. The zero-order valence-electron chi connectivity index (χ0n) is 18.4. The Balaban J connectivity index is 1.51. The summed E-state index contributed by atoms with van der Waals surface area (Å²) >= 11 is 6.51. The number of alkyl halides is 3. The molecular formula is C23H20ClF3N4O4. The predicted molar refractivity (Wildman–Crippen MR) is 120 cm³/mol. The molecule has 1 saturated heterocycles. The molecule has 2 atom stereocenters. The molecule has 0 saturated carbocycles. The summed E-state index contributed by atoms with van der Waals surface area (Å²) in [5.41, 5.74) is 8.88. The van der Waals surface area contributed by atoms with Crippen molar-refractivity contribution in [1.29, 1.82) is 0 Å². The number of carbonyl (C=O) groups excluding carboxylic acids is 1. The van der Waals surface area contributed by atoms with Gasteiger partial charge in [0, 0.05) is 10.9 Å². The van der Waals surface area contributed by atoms with Gasteiger partial charge in [0.05, 0.1) is 66.5 Å². The van der Waals surface area contributed by atoms with Crippen LogP contribution in [-0.4, -0.2) is 46.4 Å². The number of ether oxygens (including phenoxy) is 3. The highest BCUT2D eigenvalue weighted by atomic mass is 35.5. The Morgan fingerprint density at radius 1 is 1.20 bits per heavy atom. The SMILES string of the molecule is C[C@@H]1COC[C@H](c2ccc(OC(F)(F)F)cn2)N1C(=O)c1cc2c3c(c(N)nc2cc1Cl)COC3. The number of nitrogen functional groups attached to an aromatic ring is 1. The van der Waals surface area contributed by atoms with Gasteiger partial charge in [-0.05, 0) is 36.8 Å². The zero-order valence-corrected chi connectivity index (χ0v) is 19.2. The number of nitrogens with two attached hydrogens (primary N) is 1. The molecule has 3 aromatic rings. The van der Waals surface area contributed by atoms with Crippen LogP contribution in [0.3, 0.4) is 0 Å². The van der Waals surface area contributed by atoms with E-state index in [1.807, 2.05) is 6.92 Å². The number of aromatic nitrogens is 2. The average molecular weight is 509 g/mol. The number of benzene rings is 1. The van der Waals surface area contributed by atoms with Gasteiger partial charge < -0.3 is 24.8 Å². The summed E-state index contributed by atoms with van der Waals surface area (Å²) in [4.78, 5) is 23.9. The molecule has 0 unspecified atom stereocenters. The second-order valence-electron chi connectivity index (χ2n) is 8.38. The number of hydrogen-bond acceptors (Lipinski definition) is 7. The van der Waals surface area contributed by atoms with Gasteiger partial charge >= 0.3 is 6.36 Å². The van der Waals surface area contributed by atoms with Crippen LogP contribution in [0, 0.1) is 0 Å². The lowest BCUT2D eigenvalue weighted by Crippen LogP contribution is -2.49. The zero-order chi connectivity index (χ0) is 24.9. The second-order valence-corrected chi connectivity index (χ2v) is 8.78. The van der Waals surface area contributed by atoms with E-state index < -0.39 is 18.2 Å². The second kappa shape index (κ2) is 8.81. The lowest BCUT2D eigenvalue weighted by atomic mass is 10.0. The number of fused-ring (bicyclic) bond motifs is 3. The molecule has 1 aromatic carbocycles. The highest BCUT2D eigenvalue weighted by Gasteiger charge is 2.37. The summed E-state index contributed by atoms with van der Waals surface area (Å²) in [6, 6.07) is 4.83. The van der Waals surface area contributed by atoms with Crippen molar-refractivity contribution in [2.24, 2.45) is 0 Å². The monoisotopic (exact) mass is 508 g/mol. The fraction of sp³-hybridized carbons (Fsp3) is 0.348. The molecule has 1 fully saturated rings. The Bertz CT molecular complexity index is 1300. The number of anilines is 1. The number of halogens is 4. The maximum Gasteiger partial charge on any atom is 0.573 e. The van der Waals surface area contributed by atoms with Crippen LogP contribution in [0.4, 0.5) is 19.0 Å². The van der Waals surface area contributed by atoms with Crippen molar-refractivity contribution in [1.82, 2.24) is 14.9 Å². The van der Waals surface area contributed by atoms with Crippen LogP contribution in [-0.2, 0) is 22.7 Å². The van der Waals surface area contributed by atoms with Gasteiger partial charge in [-0.2, -0.15) is 0 Å². The number of morpholine rings is 1. The van der Waals surface area contributed by atoms with Crippen LogP contribution in [0.5, 0.6) is 5.75 Å². The van der Waals surface area contributed by atoms with Crippen LogP contribution in [0.1, 0.15) is 40.1 Å². The minimum atomic E-state index is -4.83. The van der Waals surface area contributed by atoms with E-state index in [0.717, 1.165) is 28.8 Å². The van der Waals surface area contributed by atoms with Gasteiger partial charge in [-0.1, -0.05) is 11.6 Å². The van der Waals surface area contributed by atoms with Crippen molar-refractivity contribution in [2.75, 3.05) is 18.9 Å². The first-order chi connectivity index (χ1) is 16.6. The van der Waals surface area contributed by atoms with E-state index in [-0.39, 0.29) is 35.7 Å². The van der Waals surface area contributed by atoms with Gasteiger partial charge in [-0.15, -0.1) is 13.2 Å². The summed E-state index contributed by atoms with van der Waals surface area (Å²) in [5.74, 6) is -0.449. The standard InChI is InChI=1S/C23H20ClF3N4O4/c1-11-7-33-10-20(18-3-2-12(6-29-18)35-23(25,26)27)31(11)22(32)14-4-13-15-8-34-9-16(15)21(28)30-19(13)5-17(14)24/h2-6,11,20H,7-10H2,1H3,(H2,28,30)/t11-,20-/m1/s1. The molecule has 0 bridgehead atoms.